The van der Waals surface area contributed by atoms with E-state index in [-0.39, 0.29) is 0 Å². The van der Waals surface area contributed by atoms with Crippen LogP contribution in [0.15, 0.2) is 6.33 Å². The summed E-state index contributed by atoms with van der Waals surface area (Å²) in [6.07, 6.45) is 8.11. The van der Waals surface area contributed by atoms with Gasteiger partial charge >= 0.3 is 5.97 Å². The van der Waals surface area contributed by atoms with E-state index in [1.807, 2.05) is 13.8 Å². The average Bonchev–Trinajstić information content (AvgIpc) is 2.85. The summed E-state index contributed by atoms with van der Waals surface area (Å²) in [5.74, 6) is 0.797. The summed E-state index contributed by atoms with van der Waals surface area (Å²) in [5, 5.41) is 17.6. The largest absolute Gasteiger partial charge is 0.480 e. The first kappa shape index (κ1) is 14.0. The van der Waals surface area contributed by atoms with Crippen molar-refractivity contribution < 1.29 is 9.90 Å². The highest BCUT2D eigenvalue weighted by molar-refractivity contribution is 5.71. The maximum Gasteiger partial charge on any atom is 0.326 e. The number of nitrogens with zero attached hydrogens (tertiary/aromatic N) is 3. The van der Waals surface area contributed by atoms with Crippen LogP contribution in [0.5, 0.6) is 0 Å². The Morgan fingerprint density at radius 1 is 1.42 bits per heavy atom. The van der Waals surface area contributed by atoms with Crippen LogP contribution < -0.4 is 0 Å². The van der Waals surface area contributed by atoms with E-state index in [4.69, 9.17) is 0 Å². The van der Waals surface area contributed by atoms with E-state index in [0.717, 1.165) is 18.7 Å². The molecule has 1 unspecified atom stereocenters. The minimum Gasteiger partial charge on any atom is -0.480 e. The van der Waals surface area contributed by atoms with Crippen LogP contribution in [0.2, 0.25) is 0 Å². The number of hydrogen-bond acceptors (Lipinski definition) is 3. The standard InChI is InChI=1S/C14H23N3O2/c1-10(2)8-12(14(18)19)17-9-15-16-13(17)11-6-4-3-5-7-11/h9-12H,3-8H2,1-2H3,(H,18,19). The van der Waals surface area contributed by atoms with Crippen molar-refractivity contribution in [3.63, 3.8) is 0 Å². The van der Waals surface area contributed by atoms with Crippen molar-refractivity contribution in [2.45, 2.75) is 64.3 Å². The first-order chi connectivity index (χ1) is 9.09. The summed E-state index contributed by atoms with van der Waals surface area (Å²) >= 11 is 0. The van der Waals surface area contributed by atoms with Gasteiger partial charge in [-0.15, -0.1) is 10.2 Å². The van der Waals surface area contributed by atoms with Crippen molar-refractivity contribution in [3.8, 4) is 0 Å². The minimum atomic E-state index is -0.787. The first-order valence-electron chi connectivity index (χ1n) is 7.21. The molecule has 1 N–H and O–H groups in total. The molecule has 1 aromatic heterocycles. The topological polar surface area (TPSA) is 68.0 Å². The highest BCUT2D eigenvalue weighted by Gasteiger charge is 2.28. The SMILES string of the molecule is CC(C)CC(C(=O)O)n1cnnc1C1CCCCC1. The lowest BCUT2D eigenvalue weighted by atomic mass is 9.88. The normalized spacial score (nSPS) is 18.7. The molecule has 1 saturated carbocycles. The first-order valence-corrected chi connectivity index (χ1v) is 7.21. The van der Waals surface area contributed by atoms with Gasteiger partial charge in [-0.05, 0) is 25.2 Å². The van der Waals surface area contributed by atoms with E-state index in [1.165, 1.54) is 19.3 Å². The molecule has 0 saturated heterocycles. The quantitative estimate of drug-likeness (QED) is 0.888. The van der Waals surface area contributed by atoms with Crippen molar-refractivity contribution in [1.29, 1.82) is 0 Å². The Hall–Kier alpha value is -1.39. The molecule has 0 amide bonds. The molecule has 1 atom stereocenters. The third kappa shape index (κ3) is 3.33. The number of aliphatic carboxylic acids is 1. The number of aromatic nitrogens is 3. The van der Waals surface area contributed by atoms with Crippen LogP contribution in [0.25, 0.3) is 0 Å². The van der Waals surface area contributed by atoms with Gasteiger partial charge in [0.25, 0.3) is 0 Å². The Kier molecular flexibility index (Phi) is 4.56. The number of carboxylic acids is 1. The number of hydrogen-bond donors (Lipinski definition) is 1. The van der Waals surface area contributed by atoms with Crippen LogP contribution in [-0.2, 0) is 4.79 Å². The average molecular weight is 265 g/mol. The third-order valence-electron chi connectivity index (χ3n) is 3.89. The van der Waals surface area contributed by atoms with Gasteiger partial charge in [-0.1, -0.05) is 33.1 Å². The fraction of sp³-hybridized carbons (Fsp3) is 0.786. The molecule has 0 spiro atoms. The molecule has 0 aromatic carbocycles. The Balaban J connectivity index is 2.22. The number of carboxylic acid groups (broad SMARTS) is 1. The number of carbonyl (C=O) groups is 1. The Morgan fingerprint density at radius 3 is 2.68 bits per heavy atom. The molecule has 1 aromatic rings. The van der Waals surface area contributed by atoms with E-state index >= 15 is 0 Å². The van der Waals surface area contributed by atoms with Crippen LogP contribution in [0.4, 0.5) is 0 Å². The van der Waals surface area contributed by atoms with Crippen molar-refractivity contribution >= 4 is 5.97 Å². The monoisotopic (exact) mass is 265 g/mol. The minimum absolute atomic E-state index is 0.336. The van der Waals surface area contributed by atoms with Crippen LogP contribution in [0, 0.1) is 5.92 Å². The van der Waals surface area contributed by atoms with Crippen molar-refractivity contribution in [1.82, 2.24) is 14.8 Å². The molecule has 19 heavy (non-hydrogen) atoms. The maximum atomic E-state index is 11.5. The molecular formula is C14H23N3O2. The lowest BCUT2D eigenvalue weighted by Crippen LogP contribution is -2.24. The molecule has 1 aliphatic rings. The van der Waals surface area contributed by atoms with Gasteiger partial charge in [-0.25, -0.2) is 4.79 Å². The van der Waals surface area contributed by atoms with E-state index < -0.39 is 12.0 Å². The zero-order chi connectivity index (χ0) is 13.8. The fourth-order valence-corrected chi connectivity index (χ4v) is 2.92. The molecular weight excluding hydrogens is 242 g/mol. The molecule has 5 nitrogen and oxygen atoms in total. The van der Waals surface area contributed by atoms with E-state index in [9.17, 15) is 9.90 Å². The molecule has 0 aliphatic heterocycles. The zero-order valence-corrected chi connectivity index (χ0v) is 11.7. The van der Waals surface area contributed by atoms with Crippen LogP contribution >= 0.6 is 0 Å². The predicted molar refractivity (Wildman–Crippen MR) is 72.0 cm³/mol. The summed E-state index contributed by atoms with van der Waals surface area (Å²) in [6.45, 7) is 4.08. The molecule has 0 radical (unpaired) electrons. The van der Waals surface area contributed by atoms with Gasteiger partial charge < -0.3 is 9.67 Å². The highest BCUT2D eigenvalue weighted by Crippen LogP contribution is 2.33. The van der Waals surface area contributed by atoms with Gasteiger partial charge in [-0.2, -0.15) is 0 Å². The van der Waals surface area contributed by atoms with Gasteiger partial charge in [0.15, 0.2) is 0 Å². The van der Waals surface area contributed by atoms with Crippen LogP contribution in [-0.4, -0.2) is 25.8 Å². The highest BCUT2D eigenvalue weighted by atomic mass is 16.4. The fourth-order valence-electron chi connectivity index (χ4n) is 2.92. The van der Waals surface area contributed by atoms with E-state index in [0.29, 0.717) is 18.3 Å². The summed E-state index contributed by atoms with van der Waals surface area (Å²) in [4.78, 5) is 11.5. The summed E-state index contributed by atoms with van der Waals surface area (Å²) in [7, 11) is 0. The predicted octanol–water partition coefficient (Wildman–Crippen LogP) is 3.00. The van der Waals surface area contributed by atoms with Gasteiger partial charge in [0.05, 0.1) is 0 Å². The van der Waals surface area contributed by atoms with E-state index in [1.54, 1.807) is 10.9 Å². The summed E-state index contributed by atoms with van der Waals surface area (Å²) in [6, 6.07) is -0.535. The molecule has 1 aliphatic carbocycles. The van der Waals surface area contributed by atoms with Gasteiger partial charge in [0.2, 0.25) is 0 Å². The van der Waals surface area contributed by atoms with Crippen molar-refractivity contribution in [2.75, 3.05) is 0 Å². The Bertz CT molecular complexity index is 422. The Labute approximate surface area is 114 Å². The molecule has 1 fully saturated rings. The summed E-state index contributed by atoms with van der Waals surface area (Å²) < 4.78 is 1.79. The Morgan fingerprint density at radius 2 is 2.11 bits per heavy atom. The third-order valence-corrected chi connectivity index (χ3v) is 3.89. The second-order valence-electron chi connectivity index (χ2n) is 5.91. The van der Waals surface area contributed by atoms with Gasteiger partial charge in [0.1, 0.15) is 18.2 Å². The van der Waals surface area contributed by atoms with Crippen molar-refractivity contribution in [3.05, 3.63) is 12.2 Å². The van der Waals surface area contributed by atoms with Gasteiger partial charge in [-0.3, -0.25) is 0 Å². The van der Waals surface area contributed by atoms with E-state index in [2.05, 4.69) is 10.2 Å². The maximum absolute atomic E-state index is 11.5. The second kappa shape index (κ2) is 6.17. The lowest BCUT2D eigenvalue weighted by Gasteiger charge is -2.24. The second-order valence-corrected chi connectivity index (χ2v) is 5.91. The zero-order valence-electron chi connectivity index (χ0n) is 11.7. The van der Waals surface area contributed by atoms with Crippen LogP contribution in [0.1, 0.15) is 70.2 Å². The van der Waals surface area contributed by atoms with Crippen molar-refractivity contribution in [2.24, 2.45) is 5.92 Å². The number of rotatable bonds is 5. The molecule has 2 rings (SSSR count). The smallest absolute Gasteiger partial charge is 0.326 e. The lowest BCUT2D eigenvalue weighted by molar-refractivity contribution is -0.141. The van der Waals surface area contributed by atoms with Gasteiger partial charge in [0, 0.05) is 5.92 Å². The molecule has 5 heteroatoms. The van der Waals surface area contributed by atoms with Crippen LogP contribution in [0.3, 0.4) is 0 Å². The molecule has 106 valence electrons. The molecule has 1 heterocycles. The molecule has 0 bridgehead atoms. The summed E-state index contributed by atoms with van der Waals surface area (Å²) in [5.41, 5.74) is 0.